The van der Waals surface area contributed by atoms with Crippen molar-refractivity contribution in [1.82, 2.24) is 0 Å². The molecule has 8 aromatic rings. The molecule has 8 aromatic carbocycles. The molecule has 0 aromatic heterocycles. The topological polar surface area (TPSA) is 18.5 Å². The molecule has 2 heterocycles. The second-order valence-corrected chi connectivity index (χ2v) is 18.5. The molecule has 0 spiro atoms. The molecule has 0 radical (unpaired) electrons. The second kappa shape index (κ2) is 16.0. The van der Waals surface area contributed by atoms with Gasteiger partial charge in [-0.15, -0.1) is 0 Å². The van der Waals surface area contributed by atoms with Gasteiger partial charge in [0.2, 0.25) is 11.2 Å². The van der Waals surface area contributed by atoms with Crippen molar-refractivity contribution in [3.63, 3.8) is 0 Å². The number of hydrogen-bond acceptors (Lipinski definition) is 2. The highest BCUT2D eigenvalue weighted by atomic mass is 79.9. The summed E-state index contributed by atoms with van der Waals surface area (Å²) in [6, 6.07) is 72.6. The minimum atomic E-state index is -1.42. The maximum atomic E-state index is 8.12. The molecule has 2 atom stereocenters. The molecule has 0 saturated carbocycles. The van der Waals surface area contributed by atoms with Crippen molar-refractivity contribution < 1.29 is 9.47 Å². The normalized spacial score (nSPS) is 18.3. The molecule has 0 amide bonds. The molecule has 10 rings (SSSR count). The zero-order chi connectivity index (χ0) is 40.8. The molecule has 0 aliphatic carbocycles. The van der Waals surface area contributed by atoms with Crippen LogP contribution in [0.3, 0.4) is 0 Å². The van der Waals surface area contributed by atoms with Gasteiger partial charge in [0.25, 0.3) is 0 Å². The van der Waals surface area contributed by atoms with E-state index >= 15 is 0 Å². The van der Waals surface area contributed by atoms with Crippen molar-refractivity contribution in [2.75, 3.05) is 0 Å². The van der Waals surface area contributed by atoms with Gasteiger partial charge in [0.1, 0.15) is 11.5 Å². The van der Waals surface area contributed by atoms with Crippen molar-refractivity contribution in [3.8, 4) is 11.5 Å². The Morgan fingerprint density at radius 3 is 0.933 bits per heavy atom. The molecule has 2 aliphatic rings. The molecule has 0 bridgehead atoms. The zero-order valence-electron chi connectivity index (χ0n) is 32.0. The second-order valence-electron chi connectivity index (χ2n) is 14.8. The average molecular weight is 1030 g/mol. The van der Waals surface area contributed by atoms with Gasteiger partial charge < -0.3 is 9.47 Å². The molecular formula is C54H34Br4O2. The quantitative estimate of drug-likeness (QED) is 0.158. The van der Waals surface area contributed by atoms with Crippen LogP contribution in [0, 0.1) is 0 Å². The van der Waals surface area contributed by atoms with Gasteiger partial charge in [-0.25, -0.2) is 0 Å². The van der Waals surface area contributed by atoms with Gasteiger partial charge in [-0.2, -0.15) is 0 Å². The van der Waals surface area contributed by atoms with Gasteiger partial charge in [0.15, 0.2) is 0 Å². The minimum absolute atomic E-state index is 0.745. The van der Waals surface area contributed by atoms with Gasteiger partial charge in [0, 0.05) is 62.4 Å². The summed E-state index contributed by atoms with van der Waals surface area (Å²) in [7, 11) is 0. The summed E-state index contributed by atoms with van der Waals surface area (Å²) in [6.07, 6.45) is 0. The van der Waals surface area contributed by atoms with E-state index in [9.17, 15) is 0 Å². The third kappa shape index (κ3) is 6.47. The summed E-state index contributed by atoms with van der Waals surface area (Å²) in [5.41, 5.74) is 9.13. The summed E-state index contributed by atoms with van der Waals surface area (Å²) >= 11 is 15.1. The smallest absolute Gasteiger partial charge is 0.208 e. The van der Waals surface area contributed by atoms with Crippen LogP contribution in [0.2, 0.25) is 0 Å². The SMILES string of the molecule is Brc1ccc(C2=C(c3ccccc3)C(c3ccc(Br)cc3)(C3(c4ccc(Br)cc4)Oc4ccccc4C(c4ccc(Br)cc4)=C3c3ccccc3)Oc3ccccc32)cc1. The Kier molecular flexibility index (Phi) is 10.4. The predicted molar refractivity (Wildman–Crippen MR) is 259 cm³/mol. The maximum absolute atomic E-state index is 8.12. The Balaban J connectivity index is 1.51. The summed E-state index contributed by atoms with van der Waals surface area (Å²) in [4.78, 5) is 0. The fourth-order valence-corrected chi connectivity index (χ4v) is 10.1. The Labute approximate surface area is 383 Å². The van der Waals surface area contributed by atoms with E-state index in [4.69, 9.17) is 9.47 Å². The number of rotatable bonds is 7. The minimum Gasteiger partial charge on any atom is -0.472 e. The Morgan fingerprint density at radius 2 is 0.583 bits per heavy atom. The van der Waals surface area contributed by atoms with Crippen LogP contribution in [0.5, 0.6) is 11.5 Å². The lowest BCUT2D eigenvalue weighted by Crippen LogP contribution is -2.60. The van der Waals surface area contributed by atoms with Crippen LogP contribution in [0.25, 0.3) is 22.3 Å². The lowest BCUT2D eigenvalue weighted by molar-refractivity contribution is -0.0550. The largest absolute Gasteiger partial charge is 0.472 e. The van der Waals surface area contributed by atoms with Gasteiger partial charge in [-0.3, -0.25) is 0 Å². The Morgan fingerprint density at radius 1 is 0.283 bits per heavy atom. The Bertz CT molecular complexity index is 2720. The summed E-state index contributed by atoms with van der Waals surface area (Å²) < 4.78 is 20.2. The first-order valence-corrected chi connectivity index (χ1v) is 22.8. The maximum Gasteiger partial charge on any atom is 0.208 e. The van der Waals surface area contributed by atoms with E-state index in [1.54, 1.807) is 0 Å². The molecule has 0 N–H and O–H groups in total. The summed E-state index contributed by atoms with van der Waals surface area (Å²) in [6.45, 7) is 0. The summed E-state index contributed by atoms with van der Waals surface area (Å²) in [5.74, 6) is 1.49. The van der Waals surface area contributed by atoms with Crippen molar-refractivity contribution in [1.29, 1.82) is 0 Å². The molecule has 0 fully saturated rings. The van der Waals surface area contributed by atoms with Crippen LogP contribution >= 0.6 is 63.7 Å². The van der Waals surface area contributed by atoms with Crippen molar-refractivity contribution >= 4 is 86.0 Å². The fourth-order valence-electron chi connectivity index (χ4n) is 8.99. The lowest BCUT2D eigenvalue weighted by atomic mass is 9.58. The average Bonchev–Trinajstić information content (AvgIpc) is 3.29. The van der Waals surface area contributed by atoms with E-state index in [1.165, 1.54) is 0 Å². The van der Waals surface area contributed by atoms with Crippen molar-refractivity contribution in [2.24, 2.45) is 0 Å². The van der Waals surface area contributed by atoms with Crippen LogP contribution in [0.4, 0.5) is 0 Å². The first-order valence-electron chi connectivity index (χ1n) is 19.6. The van der Waals surface area contributed by atoms with E-state index in [2.05, 4.69) is 270 Å². The number of fused-ring (bicyclic) bond motifs is 2. The molecule has 60 heavy (non-hydrogen) atoms. The number of para-hydroxylation sites is 2. The number of halogens is 4. The molecule has 2 nitrogen and oxygen atoms in total. The van der Waals surface area contributed by atoms with Crippen molar-refractivity contribution in [2.45, 2.75) is 11.2 Å². The predicted octanol–water partition coefficient (Wildman–Crippen LogP) is 15.9. The molecule has 2 aliphatic heterocycles. The number of hydrogen-bond donors (Lipinski definition) is 0. The zero-order valence-corrected chi connectivity index (χ0v) is 38.3. The first-order chi connectivity index (χ1) is 29.4. The van der Waals surface area contributed by atoms with Gasteiger partial charge >= 0.3 is 0 Å². The van der Waals surface area contributed by atoms with E-state index < -0.39 is 11.2 Å². The van der Waals surface area contributed by atoms with Crippen LogP contribution < -0.4 is 9.47 Å². The number of ether oxygens (including phenoxy) is 2. The highest BCUT2D eigenvalue weighted by molar-refractivity contribution is 9.11. The van der Waals surface area contributed by atoms with E-state index in [-0.39, 0.29) is 0 Å². The molecular weight excluding hydrogens is 1000 g/mol. The lowest BCUT2D eigenvalue weighted by Gasteiger charge is -2.56. The van der Waals surface area contributed by atoms with E-state index in [0.717, 1.165) is 96.2 Å². The standard InChI is InChI=1S/C54H34Br4O2/c55-41-27-19-35(20-28-41)49-45-15-7-9-17-47(45)59-53(39-23-31-43(57)32-24-39,51(49)37-11-3-1-4-12-37)54(40-25-33-44(58)34-26-40)52(38-13-5-2-6-14-38)50(36-21-29-42(56)30-22-36)46-16-8-10-18-48(46)60-54/h1-34H. The van der Waals surface area contributed by atoms with Crippen LogP contribution in [-0.4, -0.2) is 0 Å². The monoisotopic (exact) mass is 1030 g/mol. The van der Waals surface area contributed by atoms with Crippen molar-refractivity contribution in [3.05, 3.63) is 269 Å². The Hall–Kier alpha value is -5.24. The van der Waals surface area contributed by atoms with Crippen LogP contribution in [-0.2, 0) is 11.2 Å². The fraction of sp³-hybridized carbons (Fsp3) is 0.0370. The summed E-state index contributed by atoms with van der Waals surface area (Å²) in [5, 5.41) is 0. The molecule has 290 valence electrons. The highest BCUT2D eigenvalue weighted by Crippen LogP contribution is 2.67. The van der Waals surface area contributed by atoms with Gasteiger partial charge in [0.05, 0.1) is 0 Å². The van der Waals surface area contributed by atoms with Crippen LogP contribution in [0.1, 0.15) is 44.5 Å². The third-order valence-electron chi connectivity index (χ3n) is 11.4. The van der Waals surface area contributed by atoms with E-state index in [1.807, 2.05) is 0 Å². The van der Waals surface area contributed by atoms with Gasteiger partial charge in [-0.05, 0) is 82.9 Å². The molecule has 6 heteroatoms. The van der Waals surface area contributed by atoms with Crippen LogP contribution in [0.15, 0.2) is 224 Å². The third-order valence-corrected chi connectivity index (χ3v) is 13.5. The van der Waals surface area contributed by atoms with E-state index in [0.29, 0.717) is 0 Å². The molecule has 0 saturated heterocycles. The van der Waals surface area contributed by atoms with Gasteiger partial charge in [-0.1, -0.05) is 209 Å². The number of benzene rings is 8. The first kappa shape index (κ1) is 38.9. The highest BCUT2D eigenvalue weighted by Gasteiger charge is 2.67. The molecule has 2 unspecified atom stereocenters.